The number of fused-ring (bicyclic) bond motifs is 1. The van der Waals surface area contributed by atoms with Crippen LogP contribution in [0.2, 0.25) is 0 Å². The minimum atomic E-state index is 0.0392. The lowest BCUT2D eigenvalue weighted by Crippen LogP contribution is -2.32. The molecule has 3 heteroatoms. The molecular formula is C15H20O3. The van der Waals surface area contributed by atoms with Gasteiger partial charge in [-0.2, -0.15) is 0 Å². The average Bonchev–Trinajstić information content (AvgIpc) is 2.42. The predicted octanol–water partition coefficient (Wildman–Crippen LogP) is 1.17. The minimum Gasteiger partial charge on any atom is -0.496 e. The van der Waals surface area contributed by atoms with Crippen LogP contribution in [-0.4, -0.2) is 24.9 Å². The zero-order valence-corrected chi connectivity index (χ0v) is 10.8. The Hall–Kier alpha value is -1.48. The standard InChI is InChI=1S/C15H20O3/c1-2-3-4-7-18-14-5-6-15-12(8-14)10-17-11-13(15)9-16/h5-6,8,10,16H,2-4,7,9,11H2,1H3. The van der Waals surface area contributed by atoms with Crippen molar-refractivity contribution in [3.05, 3.63) is 28.6 Å². The highest BCUT2D eigenvalue weighted by Gasteiger charge is 2.05. The summed E-state index contributed by atoms with van der Waals surface area (Å²) in [5.41, 5.74) is 0.921. The van der Waals surface area contributed by atoms with Gasteiger partial charge in [0.1, 0.15) is 12.4 Å². The van der Waals surface area contributed by atoms with E-state index in [1.807, 2.05) is 18.2 Å². The van der Waals surface area contributed by atoms with E-state index in [9.17, 15) is 5.11 Å². The third kappa shape index (κ3) is 3.05. The number of ether oxygens (including phenoxy) is 2. The molecule has 0 amide bonds. The van der Waals surface area contributed by atoms with Crippen molar-refractivity contribution in [2.24, 2.45) is 0 Å². The van der Waals surface area contributed by atoms with Crippen molar-refractivity contribution in [3.8, 4) is 5.75 Å². The highest BCUT2D eigenvalue weighted by Crippen LogP contribution is 2.07. The molecule has 1 aliphatic heterocycles. The number of aliphatic hydroxyl groups excluding tert-OH is 1. The fraction of sp³-hybridized carbons (Fsp3) is 0.467. The Bertz CT molecular complexity index is 505. The zero-order chi connectivity index (χ0) is 12.8. The van der Waals surface area contributed by atoms with Gasteiger partial charge in [-0.1, -0.05) is 25.8 Å². The van der Waals surface area contributed by atoms with Gasteiger partial charge in [0.25, 0.3) is 0 Å². The molecular weight excluding hydrogens is 228 g/mol. The van der Waals surface area contributed by atoms with Crippen LogP contribution in [0.4, 0.5) is 0 Å². The summed E-state index contributed by atoms with van der Waals surface area (Å²) in [6, 6.07) is 5.92. The molecule has 0 radical (unpaired) electrons. The number of unbranched alkanes of at least 4 members (excludes halogenated alkanes) is 2. The second-order valence-electron chi connectivity index (χ2n) is 4.50. The SMILES string of the molecule is CCCCCOc1ccc2c(c1)=COCC=2CO. The van der Waals surface area contributed by atoms with E-state index in [2.05, 4.69) is 6.92 Å². The fourth-order valence-electron chi connectivity index (χ4n) is 2.03. The maximum atomic E-state index is 9.25. The maximum absolute atomic E-state index is 9.25. The maximum Gasteiger partial charge on any atom is 0.120 e. The van der Waals surface area contributed by atoms with E-state index in [0.717, 1.165) is 34.8 Å². The van der Waals surface area contributed by atoms with Gasteiger partial charge in [-0.25, -0.2) is 0 Å². The van der Waals surface area contributed by atoms with Crippen LogP contribution in [-0.2, 0) is 4.74 Å². The lowest BCUT2D eigenvalue weighted by atomic mass is 10.1. The molecule has 18 heavy (non-hydrogen) atoms. The first-order valence-electron chi connectivity index (χ1n) is 6.52. The normalized spacial score (nSPS) is 13.6. The Labute approximate surface area is 107 Å². The summed E-state index contributed by atoms with van der Waals surface area (Å²) in [6.45, 7) is 3.44. The van der Waals surface area contributed by atoms with Gasteiger partial charge < -0.3 is 14.6 Å². The van der Waals surface area contributed by atoms with Gasteiger partial charge in [-0.3, -0.25) is 0 Å². The molecule has 1 aromatic carbocycles. The van der Waals surface area contributed by atoms with Crippen molar-refractivity contribution in [3.63, 3.8) is 0 Å². The monoisotopic (exact) mass is 248 g/mol. The van der Waals surface area contributed by atoms with Gasteiger partial charge in [0.2, 0.25) is 0 Å². The van der Waals surface area contributed by atoms with Crippen molar-refractivity contribution in [1.82, 2.24) is 0 Å². The molecule has 3 nitrogen and oxygen atoms in total. The highest BCUT2D eigenvalue weighted by molar-refractivity contribution is 5.51. The van der Waals surface area contributed by atoms with Gasteiger partial charge in [-0.15, -0.1) is 0 Å². The summed E-state index contributed by atoms with van der Waals surface area (Å²) in [5, 5.41) is 11.3. The van der Waals surface area contributed by atoms with Crippen molar-refractivity contribution in [2.45, 2.75) is 26.2 Å². The smallest absolute Gasteiger partial charge is 0.120 e. The van der Waals surface area contributed by atoms with E-state index in [4.69, 9.17) is 9.47 Å². The summed E-state index contributed by atoms with van der Waals surface area (Å²) in [4.78, 5) is 0. The minimum absolute atomic E-state index is 0.0392. The quantitative estimate of drug-likeness (QED) is 0.768. The molecule has 0 fully saturated rings. The van der Waals surface area contributed by atoms with Crippen LogP contribution in [0.1, 0.15) is 26.2 Å². The first-order valence-corrected chi connectivity index (χ1v) is 6.52. The third-order valence-corrected chi connectivity index (χ3v) is 3.08. The second-order valence-corrected chi connectivity index (χ2v) is 4.50. The molecule has 0 saturated heterocycles. The van der Waals surface area contributed by atoms with Crippen LogP contribution >= 0.6 is 0 Å². The van der Waals surface area contributed by atoms with Gasteiger partial charge in [0.15, 0.2) is 0 Å². The lowest BCUT2D eigenvalue weighted by molar-refractivity contribution is 0.297. The lowest BCUT2D eigenvalue weighted by Gasteiger charge is -2.11. The number of hydrogen-bond acceptors (Lipinski definition) is 3. The van der Waals surface area contributed by atoms with Crippen LogP contribution in [0, 0.1) is 0 Å². The summed E-state index contributed by atoms with van der Waals surface area (Å²) in [5.74, 6) is 0.865. The molecule has 1 heterocycles. The molecule has 0 spiro atoms. The van der Waals surface area contributed by atoms with Crippen LogP contribution in [0.25, 0.3) is 11.8 Å². The Balaban J connectivity index is 2.13. The number of hydrogen-bond donors (Lipinski definition) is 1. The molecule has 1 N–H and O–H groups in total. The molecule has 0 saturated carbocycles. The Morgan fingerprint density at radius 3 is 3.00 bits per heavy atom. The number of benzene rings is 1. The van der Waals surface area contributed by atoms with Crippen LogP contribution < -0.4 is 15.2 Å². The molecule has 2 rings (SSSR count). The highest BCUT2D eigenvalue weighted by atomic mass is 16.5. The Morgan fingerprint density at radius 2 is 2.22 bits per heavy atom. The van der Waals surface area contributed by atoms with Gasteiger partial charge in [-0.05, 0) is 23.8 Å². The van der Waals surface area contributed by atoms with E-state index >= 15 is 0 Å². The zero-order valence-electron chi connectivity index (χ0n) is 10.8. The fourth-order valence-corrected chi connectivity index (χ4v) is 2.03. The average molecular weight is 248 g/mol. The summed E-state index contributed by atoms with van der Waals surface area (Å²) in [6.07, 6.45) is 5.21. The van der Waals surface area contributed by atoms with Gasteiger partial charge in [0.05, 0.1) is 19.5 Å². The topological polar surface area (TPSA) is 38.7 Å². The first-order chi connectivity index (χ1) is 8.85. The van der Waals surface area contributed by atoms with E-state index < -0.39 is 0 Å². The largest absolute Gasteiger partial charge is 0.496 e. The summed E-state index contributed by atoms with van der Waals surface area (Å²) in [7, 11) is 0. The molecule has 0 aliphatic carbocycles. The summed E-state index contributed by atoms with van der Waals surface area (Å²) < 4.78 is 11.0. The van der Waals surface area contributed by atoms with Crippen molar-refractivity contribution >= 4 is 11.8 Å². The second kappa shape index (κ2) is 6.45. The molecule has 0 atom stereocenters. The number of rotatable bonds is 6. The van der Waals surface area contributed by atoms with Gasteiger partial charge in [0, 0.05) is 10.8 Å². The van der Waals surface area contributed by atoms with E-state index in [-0.39, 0.29) is 6.61 Å². The van der Waals surface area contributed by atoms with E-state index in [0.29, 0.717) is 6.61 Å². The summed E-state index contributed by atoms with van der Waals surface area (Å²) >= 11 is 0. The van der Waals surface area contributed by atoms with E-state index in [1.54, 1.807) is 6.26 Å². The molecule has 0 aromatic heterocycles. The van der Waals surface area contributed by atoms with Gasteiger partial charge >= 0.3 is 0 Å². The van der Waals surface area contributed by atoms with Crippen molar-refractivity contribution in [2.75, 3.05) is 19.8 Å². The molecule has 98 valence electrons. The van der Waals surface area contributed by atoms with Crippen LogP contribution in [0.3, 0.4) is 0 Å². The van der Waals surface area contributed by atoms with Crippen molar-refractivity contribution < 1.29 is 14.6 Å². The molecule has 0 unspecified atom stereocenters. The van der Waals surface area contributed by atoms with Crippen LogP contribution in [0.15, 0.2) is 18.2 Å². The molecule has 1 aliphatic rings. The molecule has 0 bridgehead atoms. The Morgan fingerprint density at radius 1 is 1.33 bits per heavy atom. The Kier molecular flexibility index (Phi) is 4.65. The number of aliphatic hydroxyl groups is 1. The molecule has 1 aromatic rings. The van der Waals surface area contributed by atoms with E-state index in [1.165, 1.54) is 12.8 Å². The van der Waals surface area contributed by atoms with Crippen molar-refractivity contribution in [1.29, 1.82) is 0 Å². The first kappa shape index (κ1) is 13.0. The third-order valence-electron chi connectivity index (χ3n) is 3.08. The van der Waals surface area contributed by atoms with Crippen LogP contribution in [0.5, 0.6) is 5.75 Å². The predicted molar refractivity (Wildman–Crippen MR) is 71.6 cm³/mol.